The molecule has 0 aromatic carbocycles. The highest BCUT2D eigenvalue weighted by atomic mass is 16.1. The summed E-state index contributed by atoms with van der Waals surface area (Å²) in [5.41, 5.74) is 2.42. The smallest absolute Gasteiger partial charge is 0.155 e. The van der Waals surface area contributed by atoms with E-state index in [4.69, 9.17) is 0 Å². The molecular weight excluding hydrogens is 364 g/mol. The summed E-state index contributed by atoms with van der Waals surface area (Å²) in [5.74, 6) is 6.63. The summed E-state index contributed by atoms with van der Waals surface area (Å²) < 4.78 is 0. The first-order chi connectivity index (χ1) is 14.2. The predicted octanol–water partition coefficient (Wildman–Crippen LogP) is 8.23. The molecule has 4 aliphatic carbocycles. The summed E-state index contributed by atoms with van der Waals surface area (Å²) in [5, 5.41) is 0. The number of allylic oxidation sites excluding steroid dienone is 1. The van der Waals surface area contributed by atoms with E-state index in [9.17, 15) is 4.79 Å². The molecule has 170 valence electrons. The molecule has 4 rings (SSSR count). The molecular formula is C29H48O. The van der Waals surface area contributed by atoms with E-state index in [1.807, 2.05) is 0 Å². The van der Waals surface area contributed by atoms with Crippen molar-refractivity contribution in [3.63, 3.8) is 0 Å². The SMILES string of the molecule is CC[C@@H](CC[C@H](C)[C@H]1CC[C@@H]2[C@@H]3CCC4=CC(=O)CC[C@]4(C)[C@H]3CC[C@]21C)C(C)C. The number of fused-ring (bicyclic) bond motifs is 5. The summed E-state index contributed by atoms with van der Waals surface area (Å²) in [7, 11) is 0. The normalized spacial score (nSPS) is 42.9. The van der Waals surface area contributed by atoms with Crippen LogP contribution in [0.3, 0.4) is 0 Å². The predicted molar refractivity (Wildman–Crippen MR) is 127 cm³/mol. The van der Waals surface area contributed by atoms with E-state index < -0.39 is 0 Å². The van der Waals surface area contributed by atoms with Crippen LogP contribution in [-0.4, -0.2) is 5.78 Å². The second-order valence-electron chi connectivity index (χ2n) is 12.7. The number of carbonyl (C=O) groups is 1. The molecule has 4 aliphatic rings. The number of hydrogen-bond acceptors (Lipinski definition) is 1. The molecule has 0 aromatic rings. The van der Waals surface area contributed by atoms with Crippen molar-refractivity contribution in [1.82, 2.24) is 0 Å². The zero-order valence-electron chi connectivity index (χ0n) is 20.8. The van der Waals surface area contributed by atoms with Crippen molar-refractivity contribution < 1.29 is 4.79 Å². The molecule has 0 spiro atoms. The molecule has 1 heteroatoms. The second-order valence-corrected chi connectivity index (χ2v) is 12.7. The maximum Gasteiger partial charge on any atom is 0.155 e. The highest BCUT2D eigenvalue weighted by Crippen LogP contribution is 2.67. The summed E-state index contributed by atoms with van der Waals surface area (Å²) in [6, 6.07) is 0. The highest BCUT2D eigenvalue weighted by Gasteiger charge is 2.59. The third kappa shape index (κ3) is 3.65. The summed E-state index contributed by atoms with van der Waals surface area (Å²) in [6.07, 6.45) is 16.5. The van der Waals surface area contributed by atoms with Crippen LogP contribution in [0.5, 0.6) is 0 Å². The van der Waals surface area contributed by atoms with E-state index >= 15 is 0 Å². The fourth-order valence-corrected chi connectivity index (χ4v) is 9.22. The average Bonchev–Trinajstić information content (AvgIpc) is 3.06. The molecule has 3 saturated carbocycles. The average molecular weight is 413 g/mol. The summed E-state index contributed by atoms with van der Waals surface area (Å²) >= 11 is 0. The molecule has 0 unspecified atom stereocenters. The van der Waals surface area contributed by atoms with Crippen molar-refractivity contribution in [2.75, 3.05) is 0 Å². The highest BCUT2D eigenvalue weighted by molar-refractivity contribution is 5.91. The number of hydrogen-bond donors (Lipinski definition) is 0. The van der Waals surface area contributed by atoms with Crippen molar-refractivity contribution >= 4 is 5.78 Å². The minimum atomic E-state index is 0.327. The number of rotatable bonds is 6. The van der Waals surface area contributed by atoms with Gasteiger partial charge in [0.25, 0.3) is 0 Å². The number of ketones is 1. The lowest BCUT2D eigenvalue weighted by Gasteiger charge is -2.58. The molecule has 0 aliphatic heterocycles. The van der Waals surface area contributed by atoms with E-state index in [1.165, 1.54) is 63.4 Å². The van der Waals surface area contributed by atoms with E-state index in [0.717, 1.165) is 54.3 Å². The van der Waals surface area contributed by atoms with Gasteiger partial charge in [0.2, 0.25) is 0 Å². The lowest BCUT2D eigenvalue weighted by atomic mass is 9.46. The first-order valence-electron chi connectivity index (χ1n) is 13.4. The van der Waals surface area contributed by atoms with Crippen LogP contribution in [0.2, 0.25) is 0 Å². The van der Waals surface area contributed by atoms with Crippen LogP contribution >= 0.6 is 0 Å². The third-order valence-electron chi connectivity index (χ3n) is 11.2. The Morgan fingerprint density at radius 2 is 1.73 bits per heavy atom. The maximum atomic E-state index is 12.1. The molecule has 8 atom stereocenters. The van der Waals surface area contributed by atoms with Gasteiger partial charge in [-0.3, -0.25) is 4.79 Å². The Balaban J connectivity index is 1.48. The molecule has 0 heterocycles. The summed E-state index contributed by atoms with van der Waals surface area (Å²) in [6.45, 7) is 15.0. The van der Waals surface area contributed by atoms with Gasteiger partial charge in [0.15, 0.2) is 5.78 Å². The van der Waals surface area contributed by atoms with Crippen molar-refractivity contribution in [1.29, 1.82) is 0 Å². The van der Waals surface area contributed by atoms with Gasteiger partial charge in [0, 0.05) is 6.42 Å². The van der Waals surface area contributed by atoms with Gasteiger partial charge in [0.1, 0.15) is 0 Å². The van der Waals surface area contributed by atoms with Crippen LogP contribution < -0.4 is 0 Å². The minimum absolute atomic E-state index is 0.327. The molecule has 0 N–H and O–H groups in total. The van der Waals surface area contributed by atoms with Crippen LogP contribution in [0.15, 0.2) is 11.6 Å². The third-order valence-corrected chi connectivity index (χ3v) is 11.2. The van der Waals surface area contributed by atoms with Crippen molar-refractivity contribution in [2.24, 2.45) is 52.3 Å². The van der Waals surface area contributed by atoms with Crippen LogP contribution in [-0.2, 0) is 4.79 Å². The zero-order chi connectivity index (χ0) is 21.7. The fraction of sp³-hybridized carbons (Fsp3) is 0.897. The zero-order valence-corrected chi connectivity index (χ0v) is 20.8. The van der Waals surface area contributed by atoms with Crippen molar-refractivity contribution in [2.45, 2.75) is 112 Å². The molecule has 0 radical (unpaired) electrons. The molecule has 30 heavy (non-hydrogen) atoms. The van der Waals surface area contributed by atoms with Crippen LogP contribution in [0.1, 0.15) is 112 Å². The molecule has 3 fully saturated rings. The lowest BCUT2D eigenvalue weighted by molar-refractivity contribution is -0.117. The van der Waals surface area contributed by atoms with Crippen LogP contribution in [0, 0.1) is 52.3 Å². The van der Waals surface area contributed by atoms with Crippen molar-refractivity contribution in [3.05, 3.63) is 11.6 Å². The van der Waals surface area contributed by atoms with E-state index in [1.54, 1.807) is 0 Å². The fourth-order valence-electron chi connectivity index (χ4n) is 9.22. The Kier molecular flexibility index (Phi) is 6.33. The van der Waals surface area contributed by atoms with Gasteiger partial charge in [-0.15, -0.1) is 0 Å². The van der Waals surface area contributed by atoms with Gasteiger partial charge >= 0.3 is 0 Å². The lowest BCUT2D eigenvalue weighted by Crippen LogP contribution is -2.51. The van der Waals surface area contributed by atoms with Gasteiger partial charge in [0.05, 0.1) is 0 Å². The molecule has 0 bridgehead atoms. The quantitative estimate of drug-likeness (QED) is 0.429. The summed E-state index contributed by atoms with van der Waals surface area (Å²) in [4.78, 5) is 12.1. The van der Waals surface area contributed by atoms with E-state index in [-0.39, 0.29) is 0 Å². The van der Waals surface area contributed by atoms with E-state index in [0.29, 0.717) is 16.6 Å². The maximum absolute atomic E-state index is 12.1. The monoisotopic (exact) mass is 412 g/mol. The van der Waals surface area contributed by atoms with Gasteiger partial charge in [-0.2, -0.15) is 0 Å². The van der Waals surface area contributed by atoms with Gasteiger partial charge in [-0.1, -0.05) is 60.0 Å². The van der Waals surface area contributed by atoms with Crippen LogP contribution in [0.4, 0.5) is 0 Å². The Labute approximate surface area is 186 Å². The Morgan fingerprint density at radius 3 is 2.43 bits per heavy atom. The largest absolute Gasteiger partial charge is 0.295 e. The number of carbonyl (C=O) groups excluding carboxylic acids is 1. The topological polar surface area (TPSA) is 17.1 Å². The Morgan fingerprint density at radius 1 is 0.967 bits per heavy atom. The van der Waals surface area contributed by atoms with Gasteiger partial charge < -0.3 is 0 Å². The Hall–Kier alpha value is -0.590. The first-order valence-corrected chi connectivity index (χ1v) is 13.4. The van der Waals surface area contributed by atoms with Crippen LogP contribution in [0.25, 0.3) is 0 Å². The molecule has 0 amide bonds. The van der Waals surface area contributed by atoms with E-state index in [2.05, 4.69) is 47.6 Å². The van der Waals surface area contributed by atoms with Gasteiger partial charge in [-0.05, 0) is 110 Å². The Bertz CT molecular complexity index is 674. The standard InChI is InChI=1S/C29H48O/c1-7-21(19(2)3)9-8-20(4)25-12-13-26-24-11-10-22-18-23(30)14-16-28(22,5)27(24)15-17-29(25,26)6/h18-21,24-27H,7-17H2,1-6H3/t20-,21-,24-,25+,26+,27-,28-,29-/m0/s1. The van der Waals surface area contributed by atoms with Crippen molar-refractivity contribution in [3.8, 4) is 0 Å². The molecule has 1 nitrogen and oxygen atoms in total. The first kappa shape index (κ1) is 22.6. The van der Waals surface area contributed by atoms with Gasteiger partial charge in [-0.25, -0.2) is 0 Å². The molecule has 0 aromatic heterocycles. The second kappa shape index (κ2) is 8.40. The minimum Gasteiger partial charge on any atom is -0.295 e. The molecule has 0 saturated heterocycles.